The Labute approximate surface area is 80.9 Å². The average Bonchev–Trinajstić information content (AvgIpc) is 2.64. The van der Waals surface area contributed by atoms with Crippen LogP contribution >= 0.6 is 11.3 Å². The third kappa shape index (κ3) is 1.30. The molecule has 0 atom stereocenters. The summed E-state index contributed by atoms with van der Waals surface area (Å²) in [5.74, 6) is 0.933. The van der Waals surface area contributed by atoms with Crippen LogP contribution in [0.3, 0.4) is 0 Å². The summed E-state index contributed by atoms with van der Waals surface area (Å²) >= 11 is 1.69. The summed E-state index contributed by atoms with van der Waals surface area (Å²) in [6.45, 7) is 0.581. The topological polar surface area (TPSA) is 35.2 Å². The zero-order valence-corrected chi connectivity index (χ0v) is 8.23. The third-order valence-corrected chi connectivity index (χ3v) is 3.04. The molecule has 1 aromatic carbocycles. The maximum atomic E-state index is 5.63. The monoisotopic (exact) mass is 193 g/mol. The van der Waals surface area contributed by atoms with Crippen molar-refractivity contribution in [2.24, 2.45) is 5.73 Å². The summed E-state index contributed by atoms with van der Waals surface area (Å²) in [4.78, 5) is 0. The Morgan fingerprint density at radius 2 is 2.23 bits per heavy atom. The minimum Gasteiger partial charge on any atom is -0.495 e. The number of hydrogen-bond acceptors (Lipinski definition) is 3. The number of thiophene rings is 1. The molecule has 1 aromatic heterocycles. The molecule has 0 aliphatic heterocycles. The minimum atomic E-state index is 0.581. The molecule has 0 saturated carbocycles. The molecule has 0 aliphatic rings. The Bertz CT molecular complexity index is 384. The van der Waals surface area contributed by atoms with Gasteiger partial charge in [0.2, 0.25) is 0 Å². The van der Waals surface area contributed by atoms with E-state index in [0.717, 1.165) is 5.75 Å². The van der Waals surface area contributed by atoms with Crippen LogP contribution in [-0.4, -0.2) is 7.11 Å². The molecule has 0 saturated heterocycles. The summed E-state index contributed by atoms with van der Waals surface area (Å²) in [7, 11) is 1.69. The van der Waals surface area contributed by atoms with Crippen LogP contribution in [-0.2, 0) is 6.54 Å². The van der Waals surface area contributed by atoms with Crippen LogP contribution in [0.25, 0.3) is 10.1 Å². The first-order valence-electron chi connectivity index (χ1n) is 4.10. The average molecular weight is 193 g/mol. The Morgan fingerprint density at radius 3 is 2.92 bits per heavy atom. The lowest BCUT2D eigenvalue weighted by molar-refractivity contribution is 0.420. The Kier molecular flexibility index (Phi) is 2.20. The summed E-state index contributed by atoms with van der Waals surface area (Å²) in [6.07, 6.45) is 0. The number of nitrogens with two attached hydrogens (primary N) is 1. The van der Waals surface area contributed by atoms with Gasteiger partial charge in [0.1, 0.15) is 5.75 Å². The molecule has 0 aliphatic carbocycles. The lowest BCUT2D eigenvalue weighted by atomic mass is 10.1. The smallest absolute Gasteiger partial charge is 0.136 e. The highest BCUT2D eigenvalue weighted by atomic mass is 32.1. The molecule has 13 heavy (non-hydrogen) atoms. The maximum absolute atomic E-state index is 5.63. The molecule has 2 nitrogen and oxygen atoms in total. The van der Waals surface area contributed by atoms with E-state index in [2.05, 4.69) is 11.4 Å². The van der Waals surface area contributed by atoms with Crippen molar-refractivity contribution in [3.8, 4) is 5.75 Å². The molecule has 1 heterocycles. The fourth-order valence-corrected chi connectivity index (χ4v) is 2.37. The van der Waals surface area contributed by atoms with Crippen LogP contribution in [0.1, 0.15) is 5.56 Å². The van der Waals surface area contributed by atoms with E-state index in [0.29, 0.717) is 6.54 Å². The lowest BCUT2D eigenvalue weighted by Gasteiger charge is -2.04. The Morgan fingerprint density at radius 1 is 1.38 bits per heavy atom. The van der Waals surface area contributed by atoms with Gasteiger partial charge < -0.3 is 10.5 Å². The van der Waals surface area contributed by atoms with Gasteiger partial charge in [0.15, 0.2) is 0 Å². The van der Waals surface area contributed by atoms with Gasteiger partial charge in [-0.1, -0.05) is 6.07 Å². The van der Waals surface area contributed by atoms with Gasteiger partial charge >= 0.3 is 0 Å². The molecule has 0 radical (unpaired) electrons. The summed E-state index contributed by atoms with van der Waals surface area (Å²) in [5.41, 5.74) is 6.81. The molecule has 0 unspecified atom stereocenters. The number of benzene rings is 1. The normalized spacial score (nSPS) is 10.6. The predicted molar refractivity (Wildman–Crippen MR) is 56.3 cm³/mol. The number of methoxy groups -OCH3 is 1. The molecule has 68 valence electrons. The van der Waals surface area contributed by atoms with Crippen LogP contribution < -0.4 is 10.5 Å². The molecule has 2 N–H and O–H groups in total. The van der Waals surface area contributed by atoms with E-state index in [9.17, 15) is 0 Å². The van der Waals surface area contributed by atoms with Crippen molar-refractivity contribution in [3.63, 3.8) is 0 Å². The highest BCUT2D eigenvalue weighted by Gasteiger charge is 2.05. The number of ether oxygens (including phenoxy) is 1. The largest absolute Gasteiger partial charge is 0.495 e. The van der Waals surface area contributed by atoms with Crippen molar-refractivity contribution in [2.75, 3.05) is 7.11 Å². The molecule has 3 heteroatoms. The second kappa shape index (κ2) is 3.36. The predicted octanol–water partition coefficient (Wildman–Crippen LogP) is 2.37. The summed E-state index contributed by atoms with van der Waals surface area (Å²) in [5, 5.41) is 3.28. The Balaban J connectivity index is 2.74. The molecule has 0 spiro atoms. The van der Waals surface area contributed by atoms with Crippen LogP contribution in [0.4, 0.5) is 0 Å². The zero-order chi connectivity index (χ0) is 9.26. The maximum Gasteiger partial charge on any atom is 0.136 e. The van der Waals surface area contributed by atoms with Crippen molar-refractivity contribution in [1.82, 2.24) is 0 Å². The minimum absolute atomic E-state index is 0.581. The van der Waals surface area contributed by atoms with Gasteiger partial charge in [-0.25, -0.2) is 0 Å². The molecular formula is C10H11NOS. The van der Waals surface area contributed by atoms with Crippen molar-refractivity contribution in [1.29, 1.82) is 0 Å². The first-order valence-corrected chi connectivity index (χ1v) is 4.98. The van der Waals surface area contributed by atoms with E-state index in [1.807, 2.05) is 12.1 Å². The fourth-order valence-electron chi connectivity index (χ4n) is 1.43. The van der Waals surface area contributed by atoms with Gasteiger partial charge in [-0.3, -0.25) is 0 Å². The van der Waals surface area contributed by atoms with Crippen LogP contribution in [0.5, 0.6) is 5.75 Å². The first kappa shape index (κ1) is 8.53. The van der Waals surface area contributed by atoms with Crippen LogP contribution in [0, 0.1) is 0 Å². The standard InChI is InChI=1S/C10H11NOS/c1-12-9-3-2-7(6-11)8-4-5-13-10(8)9/h2-5H,6,11H2,1H3. The van der Waals surface area contributed by atoms with Crippen molar-refractivity contribution in [3.05, 3.63) is 29.1 Å². The highest BCUT2D eigenvalue weighted by Crippen LogP contribution is 2.32. The highest BCUT2D eigenvalue weighted by molar-refractivity contribution is 7.17. The first-order chi connectivity index (χ1) is 6.36. The van der Waals surface area contributed by atoms with Gasteiger partial charge in [-0.15, -0.1) is 11.3 Å². The molecule has 0 fully saturated rings. The quantitative estimate of drug-likeness (QED) is 0.794. The number of hydrogen-bond donors (Lipinski definition) is 1. The third-order valence-electron chi connectivity index (χ3n) is 2.11. The Hall–Kier alpha value is -1.06. The summed E-state index contributed by atoms with van der Waals surface area (Å²) in [6, 6.07) is 6.08. The van der Waals surface area contributed by atoms with E-state index in [-0.39, 0.29) is 0 Å². The van der Waals surface area contributed by atoms with Gasteiger partial charge in [-0.2, -0.15) is 0 Å². The van der Waals surface area contributed by atoms with Gasteiger partial charge in [0.05, 0.1) is 11.8 Å². The molecule has 2 rings (SSSR count). The van der Waals surface area contributed by atoms with Crippen molar-refractivity contribution < 1.29 is 4.74 Å². The van der Waals surface area contributed by atoms with E-state index < -0.39 is 0 Å². The van der Waals surface area contributed by atoms with Gasteiger partial charge in [-0.05, 0) is 23.1 Å². The van der Waals surface area contributed by atoms with Gasteiger partial charge in [0, 0.05) is 11.9 Å². The molecular weight excluding hydrogens is 182 g/mol. The van der Waals surface area contributed by atoms with E-state index in [4.69, 9.17) is 10.5 Å². The van der Waals surface area contributed by atoms with Crippen molar-refractivity contribution >= 4 is 21.4 Å². The van der Waals surface area contributed by atoms with E-state index >= 15 is 0 Å². The number of fused-ring (bicyclic) bond motifs is 1. The SMILES string of the molecule is COc1ccc(CN)c2ccsc12. The lowest BCUT2D eigenvalue weighted by Crippen LogP contribution is -1.96. The molecule has 2 aromatic rings. The second-order valence-corrected chi connectivity index (χ2v) is 3.71. The molecule has 0 amide bonds. The van der Waals surface area contributed by atoms with Gasteiger partial charge in [0.25, 0.3) is 0 Å². The molecule has 0 bridgehead atoms. The number of rotatable bonds is 2. The van der Waals surface area contributed by atoms with Crippen molar-refractivity contribution in [2.45, 2.75) is 6.54 Å². The van der Waals surface area contributed by atoms with E-state index in [1.165, 1.54) is 15.6 Å². The zero-order valence-electron chi connectivity index (χ0n) is 7.41. The van der Waals surface area contributed by atoms with Crippen LogP contribution in [0.15, 0.2) is 23.6 Å². The fraction of sp³-hybridized carbons (Fsp3) is 0.200. The second-order valence-electron chi connectivity index (χ2n) is 2.79. The van der Waals surface area contributed by atoms with Crippen LogP contribution in [0.2, 0.25) is 0 Å². The van der Waals surface area contributed by atoms with E-state index in [1.54, 1.807) is 18.4 Å². The summed E-state index contributed by atoms with van der Waals surface area (Å²) < 4.78 is 6.44.